The van der Waals surface area contributed by atoms with E-state index in [1.807, 2.05) is 18.2 Å². The maximum atomic E-state index is 9.97. The maximum Gasteiger partial charge on any atom is 0.119 e. The summed E-state index contributed by atoms with van der Waals surface area (Å²) >= 11 is 0. The molecule has 2 aliphatic rings. The van der Waals surface area contributed by atoms with E-state index in [0.717, 1.165) is 53.5 Å². The van der Waals surface area contributed by atoms with E-state index < -0.39 is 6.10 Å². The zero-order chi connectivity index (χ0) is 23.0. The second kappa shape index (κ2) is 11.5. The lowest BCUT2D eigenvalue weighted by Gasteiger charge is -2.21. The van der Waals surface area contributed by atoms with Crippen molar-refractivity contribution in [2.75, 3.05) is 26.8 Å². The summed E-state index contributed by atoms with van der Waals surface area (Å²) in [4.78, 5) is 2.36. The van der Waals surface area contributed by atoms with Gasteiger partial charge in [-0.15, -0.1) is 0 Å². The zero-order valence-corrected chi connectivity index (χ0v) is 19.5. The van der Waals surface area contributed by atoms with Crippen LogP contribution in [0.15, 0.2) is 78.4 Å². The fourth-order valence-corrected chi connectivity index (χ4v) is 4.44. The second-order valence-corrected chi connectivity index (χ2v) is 8.98. The molecule has 1 aliphatic heterocycles. The van der Waals surface area contributed by atoms with Gasteiger partial charge in [-0.05, 0) is 79.1 Å². The molecule has 3 atom stereocenters. The summed E-state index contributed by atoms with van der Waals surface area (Å²) in [6, 6.07) is 19.5. The molecule has 1 heterocycles. The molecule has 2 aromatic carbocycles. The van der Waals surface area contributed by atoms with Gasteiger partial charge in [-0.1, -0.05) is 60.7 Å². The van der Waals surface area contributed by atoms with Crippen molar-refractivity contribution in [2.45, 2.75) is 44.2 Å². The van der Waals surface area contributed by atoms with Crippen molar-refractivity contribution in [3.05, 3.63) is 89.5 Å². The number of likely N-dealkylation sites (N-methyl/N-ethyl adjacent to an activating group) is 1. The van der Waals surface area contributed by atoms with E-state index in [-0.39, 0.29) is 6.61 Å². The van der Waals surface area contributed by atoms with Crippen molar-refractivity contribution in [1.82, 2.24) is 4.90 Å². The Kier molecular flexibility index (Phi) is 8.16. The van der Waals surface area contributed by atoms with Crippen LogP contribution in [0, 0.1) is 0 Å². The third-order valence-corrected chi connectivity index (χ3v) is 6.46. The molecule has 174 valence electrons. The predicted molar refractivity (Wildman–Crippen MR) is 135 cm³/mol. The first-order valence-corrected chi connectivity index (χ1v) is 12.1. The van der Waals surface area contributed by atoms with Crippen LogP contribution in [0.4, 0.5) is 0 Å². The van der Waals surface area contributed by atoms with Crippen LogP contribution < -0.4 is 4.74 Å². The van der Waals surface area contributed by atoms with E-state index in [2.05, 4.69) is 66.6 Å². The smallest absolute Gasteiger partial charge is 0.119 e. The van der Waals surface area contributed by atoms with Crippen LogP contribution in [0.3, 0.4) is 0 Å². The average molecular weight is 446 g/mol. The van der Waals surface area contributed by atoms with Crippen molar-refractivity contribution in [3.63, 3.8) is 0 Å². The molecule has 33 heavy (non-hydrogen) atoms. The highest BCUT2D eigenvalue weighted by Crippen LogP contribution is 2.37. The van der Waals surface area contributed by atoms with E-state index in [1.54, 1.807) is 0 Å². The summed E-state index contributed by atoms with van der Waals surface area (Å²) in [6.45, 7) is 2.11. The normalized spacial score (nSPS) is 22.5. The van der Waals surface area contributed by atoms with Crippen LogP contribution in [-0.4, -0.2) is 54.1 Å². The van der Waals surface area contributed by atoms with Gasteiger partial charge in [0.1, 0.15) is 5.75 Å². The molecular formula is C29H35NO3. The fraction of sp³-hybridized carbons (Fsp3) is 0.379. The Bertz CT molecular complexity index is 991. The van der Waals surface area contributed by atoms with Crippen molar-refractivity contribution >= 4 is 11.1 Å². The highest BCUT2D eigenvalue weighted by atomic mass is 16.5. The van der Waals surface area contributed by atoms with Crippen molar-refractivity contribution in [2.24, 2.45) is 0 Å². The number of hydrogen-bond donors (Lipinski definition) is 2. The molecule has 0 spiro atoms. The Hall–Kier alpha value is -2.66. The first kappa shape index (κ1) is 23.5. The van der Waals surface area contributed by atoms with E-state index >= 15 is 0 Å². The summed E-state index contributed by atoms with van der Waals surface area (Å²) in [6.07, 6.45) is 9.90. The lowest BCUT2D eigenvalue weighted by Crippen LogP contribution is -2.06. The molecule has 2 unspecified atom stereocenters. The first-order chi connectivity index (χ1) is 16.2. The number of hydrogen-bond acceptors (Lipinski definition) is 4. The van der Waals surface area contributed by atoms with Gasteiger partial charge in [-0.25, -0.2) is 0 Å². The van der Waals surface area contributed by atoms with Gasteiger partial charge in [0, 0.05) is 19.2 Å². The fourth-order valence-electron chi connectivity index (χ4n) is 4.44. The number of benzene rings is 2. The van der Waals surface area contributed by atoms with Gasteiger partial charge in [0.05, 0.1) is 12.7 Å². The molecule has 1 saturated heterocycles. The second-order valence-electron chi connectivity index (χ2n) is 8.98. The molecule has 0 amide bonds. The molecule has 1 aliphatic carbocycles. The number of ether oxygens (including phenoxy) is 1. The van der Waals surface area contributed by atoms with Crippen LogP contribution in [-0.2, 0) is 0 Å². The lowest BCUT2D eigenvalue weighted by atomic mass is 9.85. The van der Waals surface area contributed by atoms with Gasteiger partial charge >= 0.3 is 0 Å². The molecule has 4 rings (SSSR count). The van der Waals surface area contributed by atoms with E-state index in [0.29, 0.717) is 12.8 Å². The van der Waals surface area contributed by atoms with Gasteiger partial charge in [-0.3, -0.25) is 0 Å². The van der Waals surface area contributed by atoms with Crippen molar-refractivity contribution < 1.29 is 14.9 Å². The Labute approximate surface area is 197 Å². The zero-order valence-electron chi connectivity index (χ0n) is 19.5. The molecule has 2 aromatic rings. The Morgan fingerprint density at radius 1 is 1.03 bits per heavy atom. The summed E-state index contributed by atoms with van der Waals surface area (Å²) in [5.74, 6) is 0.891. The molecule has 0 aromatic heterocycles. The lowest BCUT2D eigenvalue weighted by molar-refractivity contribution is 0.225. The molecule has 4 heteroatoms. The minimum Gasteiger partial charge on any atom is -0.494 e. The molecule has 0 saturated carbocycles. The van der Waals surface area contributed by atoms with Gasteiger partial charge < -0.3 is 19.8 Å². The summed E-state index contributed by atoms with van der Waals surface area (Å²) in [5.41, 5.74) is 5.75. The summed E-state index contributed by atoms with van der Waals surface area (Å²) < 4.78 is 5.99. The largest absolute Gasteiger partial charge is 0.494 e. The highest BCUT2D eigenvalue weighted by Gasteiger charge is 2.28. The minimum absolute atomic E-state index is 0.153. The van der Waals surface area contributed by atoms with Crippen molar-refractivity contribution in [1.29, 1.82) is 0 Å². The molecule has 4 nitrogen and oxygen atoms in total. The van der Waals surface area contributed by atoms with Gasteiger partial charge in [0.2, 0.25) is 0 Å². The van der Waals surface area contributed by atoms with Crippen LogP contribution in [0.1, 0.15) is 43.2 Å². The SMILES string of the molecule is CN1C[C@@H]1CCCOc1ccc(/C(C2=CCC(O)C=C2)=C(/CCCO)c2ccccc2)cc1. The number of allylic oxidation sites excluding steroid dienone is 4. The van der Waals surface area contributed by atoms with Gasteiger partial charge in [-0.2, -0.15) is 0 Å². The number of aliphatic hydroxyl groups excluding tert-OH is 2. The first-order valence-electron chi connectivity index (χ1n) is 12.1. The third-order valence-electron chi connectivity index (χ3n) is 6.46. The molecule has 2 N–H and O–H groups in total. The standard InChI is InChI=1S/C29H35NO3/c1-30-21-25(30)9-6-20-33-27-17-13-24(14-18-27)29(23-11-15-26(32)16-12-23)28(10-5-19-31)22-7-3-2-4-8-22/h2-4,7-8,11-15,17-18,25-26,31-32H,5-6,9-10,16,19-21H2,1H3/b29-28-/t25-,26?,30?/m0/s1. The molecule has 0 bridgehead atoms. The van der Waals surface area contributed by atoms with E-state index in [9.17, 15) is 10.2 Å². The number of rotatable bonds is 11. The summed E-state index contributed by atoms with van der Waals surface area (Å²) in [7, 11) is 2.16. The minimum atomic E-state index is -0.432. The van der Waals surface area contributed by atoms with Crippen LogP contribution in [0.2, 0.25) is 0 Å². The predicted octanol–water partition coefficient (Wildman–Crippen LogP) is 5.09. The Morgan fingerprint density at radius 2 is 1.79 bits per heavy atom. The molecule has 1 fully saturated rings. The average Bonchev–Trinajstić information content (AvgIpc) is 3.56. The third kappa shape index (κ3) is 6.44. The van der Waals surface area contributed by atoms with Crippen LogP contribution in [0.25, 0.3) is 11.1 Å². The quantitative estimate of drug-likeness (QED) is 0.287. The van der Waals surface area contributed by atoms with E-state index in [4.69, 9.17) is 4.74 Å². The van der Waals surface area contributed by atoms with Gasteiger partial charge in [0.25, 0.3) is 0 Å². The monoisotopic (exact) mass is 445 g/mol. The van der Waals surface area contributed by atoms with Gasteiger partial charge in [0.15, 0.2) is 0 Å². The summed E-state index contributed by atoms with van der Waals surface area (Å²) in [5, 5.41) is 19.5. The topological polar surface area (TPSA) is 52.7 Å². The number of aliphatic hydroxyl groups is 2. The highest BCUT2D eigenvalue weighted by molar-refractivity contribution is 5.99. The van der Waals surface area contributed by atoms with E-state index in [1.165, 1.54) is 18.5 Å². The Morgan fingerprint density at radius 3 is 2.42 bits per heavy atom. The number of nitrogens with zero attached hydrogens (tertiary/aromatic N) is 1. The Balaban J connectivity index is 1.60. The van der Waals surface area contributed by atoms with Crippen molar-refractivity contribution in [3.8, 4) is 5.75 Å². The van der Waals surface area contributed by atoms with Crippen LogP contribution >= 0.6 is 0 Å². The molecular weight excluding hydrogens is 410 g/mol. The van der Waals surface area contributed by atoms with Crippen LogP contribution in [0.5, 0.6) is 5.75 Å². The molecule has 0 radical (unpaired) electrons. The maximum absolute atomic E-state index is 9.97.